The van der Waals surface area contributed by atoms with Gasteiger partial charge in [0.1, 0.15) is 17.0 Å². The van der Waals surface area contributed by atoms with Crippen LogP contribution in [0.1, 0.15) is 24.7 Å². The summed E-state index contributed by atoms with van der Waals surface area (Å²) in [5.41, 5.74) is 1.27. The van der Waals surface area contributed by atoms with Crippen LogP contribution in [0.2, 0.25) is 5.28 Å². The van der Waals surface area contributed by atoms with Gasteiger partial charge in [0, 0.05) is 11.6 Å². The van der Waals surface area contributed by atoms with E-state index in [1.165, 1.54) is 6.07 Å². The van der Waals surface area contributed by atoms with E-state index in [1.807, 2.05) is 11.5 Å². The number of benzene rings is 1. The maximum atomic E-state index is 14.4. The zero-order valence-corrected chi connectivity index (χ0v) is 12.4. The summed E-state index contributed by atoms with van der Waals surface area (Å²) in [5.74, 6) is -0.378. The van der Waals surface area contributed by atoms with E-state index in [0.717, 1.165) is 24.9 Å². The summed E-state index contributed by atoms with van der Waals surface area (Å²) in [6.45, 7) is 1.85. The van der Waals surface area contributed by atoms with E-state index in [-0.39, 0.29) is 11.0 Å². The van der Waals surface area contributed by atoms with Gasteiger partial charge in [0.05, 0.1) is 11.7 Å². The fraction of sp³-hybridized carbons (Fsp3) is 0.267. The highest BCUT2D eigenvalue weighted by molar-refractivity contribution is 6.28. The second kappa shape index (κ2) is 4.71. The van der Waals surface area contributed by atoms with Crippen molar-refractivity contribution in [2.24, 2.45) is 0 Å². The van der Waals surface area contributed by atoms with Gasteiger partial charge in [0.2, 0.25) is 5.28 Å². The highest BCUT2D eigenvalue weighted by atomic mass is 35.5. The number of rotatable bonds is 2. The van der Waals surface area contributed by atoms with E-state index in [2.05, 4.69) is 15.0 Å². The summed E-state index contributed by atoms with van der Waals surface area (Å²) in [6, 6.07) is 3.28. The molecule has 0 radical (unpaired) electrons. The van der Waals surface area contributed by atoms with Gasteiger partial charge in [-0.3, -0.25) is 0 Å². The van der Waals surface area contributed by atoms with Crippen molar-refractivity contribution in [2.45, 2.75) is 25.8 Å². The molecule has 1 saturated carbocycles. The normalized spacial score (nSPS) is 14.7. The molecule has 0 amide bonds. The van der Waals surface area contributed by atoms with Crippen LogP contribution >= 0.6 is 11.6 Å². The number of aromatic nitrogens is 4. The number of hydrogen-bond acceptors (Lipinski definition) is 3. The van der Waals surface area contributed by atoms with Crippen LogP contribution in [0.15, 0.2) is 18.3 Å². The second-order valence-electron chi connectivity index (χ2n) is 5.42. The van der Waals surface area contributed by atoms with E-state index < -0.39 is 11.6 Å². The van der Waals surface area contributed by atoms with E-state index in [9.17, 15) is 8.78 Å². The van der Waals surface area contributed by atoms with Gasteiger partial charge in [-0.1, -0.05) is 0 Å². The number of imidazole rings is 1. The monoisotopic (exact) mass is 320 g/mol. The average Bonchev–Trinajstić information content (AvgIpc) is 3.24. The minimum atomic E-state index is -0.641. The first-order valence-corrected chi connectivity index (χ1v) is 7.29. The highest BCUT2D eigenvalue weighted by Gasteiger charge is 2.28. The number of hydrogen-bond donors (Lipinski definition) is 0. The SMILES string of the molecule is Cc1nc2c(F)cc(-c3nc(Cl)ncc3F)cc2n1C1CC1. The summed E-state index contributed by atoms with van der Waals surface area (Å²) in [7, 11) is 0. The van der Waals surface area contributed by atoms with Gasteiger partial charge in [-0.25, -0.2) is 23.7 Å². The molecule has 0 spiro atoms. The molecule has 7 heteroatoms. The molecule has 0 bridgehead atoms. The Morgan fingerprint density at radius 3 is 2.68 bits per heavy atom. The Morgan fingerprint density at radius 1 is 1.18 bits per heavy atom. The van der Waals surface area contributed by atoms with Crippen molar-refractivity contribution in [3.05, 3.63) is 41.1 Å². The van der Waals surface area contributed by atoms with Crippen LogP contribution in [0.25, 0.3) is 22.3 Å². The smallest absolute Gasteiger partial charge is 0.223 e. The molecule has 22 heavy (non-hydrogen) atoms. The van der Waals surface area contributed by atoms with E-state index in [0.29, 0.717) is 22.6 Å². The summed E-state index contributed by atoms with van der Waals surface area (Å²) >= 11 is 5.72. The van der Waals surface area contributed by atoms with E-state index in [1.54, 1.807) is 6.07 Å². The maximum Gasteiger partial charge on any atom is 0.223 e. The second-order valence-corrected chi connectivity index (χ2v) is 5.76. The number of aryl methyl sites for hydroxylation is 1. The Bertz CT molecular complexity index is 902. The minimum absolute atomic E-state index is 0.0120. The number of halogens is 3. The van der Waals surface area contributed by atoms with Gasteiger partial charge < -0.3 is 4.57 Å². The summed E-state index contributed by atoms with van der Waals surface area (Å²) in [5, 5.41) is -0.0798. The summed E-state index contributed by atoms with van der Waals surface area (Å²) < 4.78 is 30.3. The van der Waals surface area contributed by atoms with Crippen molar-refractivity contribution in [1.82, 2.24) is 19.5 Å². The predicted molar refractivity (Wildman–Crippen MR) is 78.7 cm³/mol. The molecule has 0 saturated heterocycles. The van der Waals surface area contributed by atoms with Gasteiger partial charge in [0.25, 0.3) is 0 Å². The molecule has 1 aliphatic rings. The molecule has 0 aliphatic heterocycles. The Morgan fingerprint density at radius 2 is 1.95 bits per heavy atom. The third-order valence-corrected chi connectivity index (χ3v) is 4.01. The van der Waals surface area contributed by atoms with Crippen molar-refractivity contribution in [2.75, 3.05) is 0 Å². The van der Waals surface area contributed by atoms with Crippen molar-refractivity contribution in [3.63, 3.8) is 0 Å². The highest BCUT2D eigenvalue weighted by Crippen LogP contribution is 2.40. The Kier molecular flexibility index (Phi) is 2.91. The van der Waals surface area contributed by atoms with Crippen LogP contribution in [0.5, 0.6) is 0 Å². The van der Waals surface area contributed by atoms with Gasteiger partial charge in [-0.05, 0) is 43.5 Å². The van der Waals surface area contributed by atoms with Gasteiger partial charge >= 0.3 is 0 Å². The first-order valence-electron chi connectivity index (χ1n) is 6.91. The largest absolute Gasteiger partial charge is 0.325 e. The van der Waals surface area contributed by atoms with Gasteiger partial charge in [0.15, 0.2) is 11.6 Å². The number of nitrogens with zero attached hydrogens (tertiary/aromatic N) is 4. The van der Waals surface area contributed by atoms with E-state index >= 15 is 0 Å². The third kappa shape index (κ3) is 2.06. The lowest BCUT2D eigenvalue weighted by molar-refractivity contribution is 0.616. The molecule has 4 nitrogen and oxygen atoms in total. The molecule has 2 aromatic heterocycles. The molecule has 1 aromatic carbocycles. The lowest BCUT2D eigenvalue weighted by Crippen LogP contribution is -1.98. The molecular formula is C15H11ClF2N4. The van der Waals surface area contributed by atoms with Crippen molar-refractivity contribution >= 4 is 22.6 Å². The molecule has 0 atom stereocenters. The first kappa shape index (κ1) is 13.6. The molecule has 112 valence electrons. The third-order valence-electron chi connectivity index (χ3n) is 3.83. The maximum absolute atomic E-state index is 14.4. The van der Waals surface area contributed by atoms with Crippen molar-refractivity contribution < 1.29 is 8.78 Å². The Labute approximate surface area is 129 Å². The Balaban J connectivity index is 1.99. The standard InChI is InChI=1S/C15H11ClF2N4/c1-7-20-14-10(17)4-8(5-12(14)22(7)9-2-3-9)13-11(18)6-19-15(16)21-13/h4-6,9H,2-3H2,1H3. The van der Waals surface area contributed by atoms with Crippen LogP contribution in [0, 0.1) is 18.6 Å². The summed E-state index contributed by atoms with van der Waals surface area (Å²) in [4.78, 5) is 11.7. The van der Waals surface area contributed by atoms with E-state index in [4.69, 9.17) is 11.6 Å². The molecule has 1 aliphatic carbocycles. The molecular weight excluding hydrogens is 310 g/mol. The predicted octanol–water partition coefficient (Wildman–Crippen LogP) is 4.07. The Hall–Kier alpha value is -2.08. The lowest BCUT2D eigenvalue weighted by atomic mass is 10.1. The van der Waals surface area contributed by atoms with Crippen LogP contribution in [0.3, 0.4) is 0 Å². The van der Waals surface area contributed by atoms with Crippen molar-refractivity contribution in [1.29, 1.82) is 0 Å². The zero-order valence-electron chi connectivity index (χ0n) is 11.6. The number of fused-ring (bicyclic) bond motifs is 1. The fourth-order valence-corrected chi connectivity index (χ4v) is 2.88. The van der Waals surface area contributed by atoms with Crippen molar-refractivity contribution in [3.8, 4) is 11.3 Å². The molecule has 0 unspecified atom stereocenters. The summed E-state index contributed by atoms with van der Waals surface area (Å²) in [6.07, 6.45) is 3.08. The van der Waals surface area contributed by atoms with Gasteiger partial charge in [-0.15, -0.1) is 0 Å². The lowest BCUT2D eigenvalue weighted by Gasteiger charge is -2.07. The first-order chi connectivity index (χ1) is 10.5. The quantitative estimate of drug-likeness (QED) is 0.669. The van der Waals surface area contributed by atoms with Crippen LogP contribution < -0.4 is 0 Å². The fourth-order valence-electron chi connectivity index (χ4n) is 2.75. The molecule has 3 aromatic rings. The topological polar surface area (TPSA) is 43.6 Å². The molecule has 4 rings (SSSR count). The van der Waals surface area contributed by atoms with Gasteiger partial charge in [-0.2, -0.15) is 0 Å². The molecule has 2 heterocycles. The minimum Gasteiger partial charge on any atom is -0.325 e. The van der Waals surface area contributed by atoms with Crippen LogP contribution in [-0.4, -0.2) is 19.5 Å². The van der Waals surface area contributed by atoms with Crippen LogP contribution in [0.4, 0.5) is 8.78 Å². The molecule has 1 fully saturated rings. The molecule has 0 N–H and O–H groups in total. The zero-order chi connectivity index (χ0) is 15.4. The van der Waals surface area contributed by atoms with Crippen LogP contribution in [-0.2, 0) is 0 Å². The average molecular weight is 321 g/mol.